The average Bonchev–Trinajstić information content (AvgIpc) is 2.48. The normalized spacial score (nSPS) is 17.6. The van der Waals surface area contributed by atoms with Crippen LogP contribution in [0.2, 0.25) is 0 Å². The average molecular weight is 268 g/mol. The van der Waals surface area contributed by atoms with Gasteiger partial charge in [-0.3, -0.25) is 9.59 Å². The predicted octanol–water partition coefficient (Wildman–Crippen LogP) is 4.06. The molecule has 104 valence electrons. The van der Waals surface area contributed by atoms with Crippen LogP contribution in [-0.4, -0.2) is 11.6 Å². The van der Waals surface area contributed by atoms with Crippen LogP contribution < -0.4 is 0 Å². The van der Waals surface area contributed by atoms with Gasteiger partial charge in [0.2, 0.25) is 0 Å². The maximum Gasteiger partial charge on any atom is 0.189 e. The van der Waals surface area contributed by atoms with Crippen LogP contribution in [0.5, 0.6) is 0 Å². The summed E-state index contributed by atoms with van der Waals surface area (Å²) in [5.41, 5.74) is 4.44. The molecule has 0 unspecified atom stereocenters. The van der Waals surface area contributed by atoms with E-state index in [-0.39, 0.29) is 11.6 Å². The van der Waals surface area contributed by atoms with Crippen molar-refractivity contribution in [3.8, 4) is 0 Å². The molecule has 2 aliphatic carbocycles. The Kier molecular flexibility index (Phi) is 3.56. The molecule has 2 aliphatic rings. The highest BCUT2D eigenvalue weighted by Crippen LogP contribution is 2.32. The maximum atomic E-state index is 12.5. The smallest absolute Gasteiger partial charge is 0.189 e. The fourth-order valence-corrected chi connectivity index (χ4v) is 3.32. The third-order valence-electron chi connectivity index (χ3n) is 4.42. The number of Topliss-reactive ketones (excluding diaryl/α,β-unsaturated/α-hetero) is 1. The van der Waals surface area contributed by atoms with Crippen LogP contribution in [-0.2, 0) is 12.8 Å². The zero-order valence-electron chi connectivity index (χ0n) is 12.0. The van der Waals surface area contributed by atoms with Crippen molar-refractivity contribution in [2.45, 2.75) is 51.9 Å². The first kappa shape index (κ1) is 13.3. The lowest BCUT2D eigenvalue weighted by atomic mass is 9.79. The van der Waals surface area contributed by atoms with Crippen molar-refractivity contribution in [3.05, 3.63) is 46.0 Å². The van der Waals surface area contributed by atoms with Gasteiger partial charge in [-0.1, -0.05) is 25.5 Å². The topological polar surface area (TPSA) is 34.1 Å². The number of unbranched alkanes of at least 4 members (excludes halogenated alkanes) is 1. The van der Waals surface area contributed by atoms with Crippen molar-refractivity contribution in [2.75, 3.05) is 0 Å². The van der Waals surface area contributed by atoms with Crippen molar-refractivity contribution >= 4 is 11.6 Å². The zero-order valence-corrected chi connectivity index (χ0v) is 12.0. The summed E-state index contributed by atoms with van der Waals surface area (Å²) in [6.07, 6.45) is 8.60. The molecule has 2 heteroatoms. The first-order chi connectivity index (χ1) is 9.72. The molecule has 1 aromatic rings. The number of allylic oxidation sites excluding steroid dienone is 2. The van der Waals surface area contributed by atoms with Crippen LogP contribution in [0.4, 0.5) is 0 Å². The highest BCUT2D eigenvalue weighted by molar-refractivity contribution is 6.25. The molecule has 0 amide bonds. The zero-order chi connectivity index (χ0) is 14.1. The van der Waals surface area contributed by atoms with Crippen molar-refractivity contribution in [1.82, 2.24) is 0 Å². The molecule has 0 N–H and O–H groups in total. The second kappa shape index (κ2) is 5.35. The summed E-state index contributed by atoms with van der Waals surface area (Å²) in [6, 6.07) is 3.93. The van der Waals surface area contributed by atoms with E-state index in [0.29, 0.717) is 16.7 Å². The van der Waals surface area contributed by atoms with Crippen LogP contribution in [0.3, 0.4) is 0 Å². The Labute approximate surface area is 119 Å². The molecular formula is C18H20O2. The Hall–Kier alpha value is -1.70. The summed E-state index contributed by atoms with van der Waals surface area (Å²) in [7, 11) is 0. The van der Waals surface area contributed by atoms with Gasteiger partial charge in [-0.2, -0.15) is 0 Å². The molecule has 3 rings (SSSR count). The number of hydrogen-bond acceptors (Lipinski definition) is 2. The van der Waals surface area contributed by atoms with Gasteiger partial charge in [0.15, 0.2) is 11.6 Å². The van der Waals surface area contributed by atoms with Crippen molar-refractivity contribution in [3.63, 3.8) is 0 Å². The van der Waals surface area contributed by atoms with Crippen molar-refractivity contribution < 1.29 is 9.59 Å². The van der Waals surface area contributed by atoms with Crippen LogP contribution in [0.25, 0.3) is 0 Å². The molecule has 20 heavy (non-hydrogen) atoms. The molecular weight excluding hydrogens is 248 g/mol. The number of hydrogen-bond donors (Lipinski definition) is 0. The third kappa shape index (κ3) is 2.13. The summed E-state index contributed by atoms with van der Waals surface area (Å²) in [6.45, 7) is 2.10. The van der Waals surface area contributed by atoms with E-state index in [9.17, 15) is 9.59 Å². The molecule has 0 fully saturated rings. The predicted molar refractivity (Wildman–Crippen MR) is 79.4 cm³/mol. The van der Waals surface area contributed by atoms with Crippen molar-refractivity contribution in [2.24, 2.45) is 0 Å². The van der Waals surface area contributed by atoms with Crippen LogP contribution in [0.1, 0.15) is 70.9 Å². The van der Waals surface area contributed by atoms with E-state index >= 15 is 0 Å². The molecule has 0 bridgehead atoms. The number of ketones is 2. The molecule has 0 atom stereocenters. The van der Waals surface area contributed by atoms with E-state index in [2.05, 4.69) is 13.0 Å². The van der Waals surface area contributed by atoms with Crippen LogP contribution in [0.15, 0.2) is 23.8 Å². The number of fused-ring (bicyclic) bond motifs is 3. The number of carbonyl (C=O) groups excluding carboxylic acids is 2. The summed E-state index contributed by atoms with van der Waals surface area (Å²) in [4.78, 5) is 25.0. The SMILES string of the molecule is CCCCC1=CC(=O)c2c(ccc3c2CCCC3)C1=O. The number of carbonyl (C=O) groups is 2. The molecule has 0 aromatic heterocycles. The Balaban J connectivity index is 2.05. The van der Waals surface area contributed by atoms with Crippen molar-refractivity contribution in [1.29, 1.82) is 0 Å². The molecule has 0 radical (unpaired) electrons. The second-order valence-electron chi connectivity index (χ2n) is 5.80. The van der Waals surface area contributed by atoms with Gasteiger partial charge >= 0.3 is 0 Å². The Morgan fingerprint density at radius 2 is 1.90 bits per heavy atom. The molecule has 0 saturated heterocycles. The minimum absolute atomic E-state index is 0.0458. The van der Waals surface area contributed by atoms with Gasteiger partial charge in [0, 0.05) is 16.7 Å². The molecule has 1 aromatic carbocycles. The standard InChI is InChI=1S/C18H20O2/c1-2-3-6-13-11-16(19)17-14-8-5-4-7-12(14)9-10-15(17)18(13)20/h9-11H,2-8H2,1H3. The van der Waals surface area contributed by atoms with Gasteiger partial charge in [0.1, 0.15) is 0 Å². The third-order valence-corrected chi connectivity index (χ3v) is 4.42. The fourth-order valence-electron chi connectivity index (χ4n) is 3.32. The summed E-state index contributed by atoms with van der Waals surface area (Å²) in [5.74, 6) is 0.117. The number of aryl methyl sites for hydroxylation is 1. The summed E-state index contributed by atoms with van der Waals surface area (Å²) in [5, 5.41) is 0. The van der Waals surface area contributed by atoms with Crippen LogP contribution in [0, 0.1) is 0 Å². The molecule has 0 spiro atoms. The lowest BCUT2D eigenvalue weighted by Crippen LogP contribution is -2.21. The van der Waals surface area contributed by atoms with Gasteiger partial charge in [0.05, 0.1) is 0 Å². The molecule has 0 heterocycles. The van der Waals surface area contributed by atoms with E-state index in [1.54, 1.807) is 6.08 Å². The van der Waals surface area contributed by atoms with Crippen LogP contribution >= 0.6 is 0 Å². The molecule has 2 nitrogen and oxygen atoms in total. The Morgan fingerprint density at radius 3 is 2.70 bits per heavy atom. The monoisotopic (exact) mass is 268 g/mol. The van der Waals surface area contributed by atoms with E-state index < -0.39 is 0 Å². The lowest BCUT2D eigenvalue weighted by Gasteiger charge is -2.23. The quantitative estimate of drug-likeness (QED) is 0.828. The highest BCUT2D eigenvalue weighted by Gasteiger charge is 2.29. The van der Waals surface area contributed by atoms with Gasteiger partial charge in [-0.25, -0.2) is 0 Å². The van der Waals surface area contributed by atoms with E-state index in [1.165, 1.54) is 12.0 Å². The van der Waals surface area contributed by atoms with Gasteiger partial charge < -0.3 is 0 Å². The lowest BCUT2D eigenvalue weighted by molar-refractivity contribution is 0.0980. The minimum atomic E-state index is 0.0458. The fraction of sp³-hybridized carbons (Fsp3) is 0.444. The molecule has 0 aliphatic heterocycles. The van der Waals surface area contributed by atoms with E-state index in [1.807, 2.05) is 6.07 Å². The Morgan fingerprint density at radius 1 is 1.10 bits per heavy atom. The van der Waals surface area contributed by atoms with Gasteiger partial charge in [-0.05, 0) is 55.7 Å². The van der Waals surface area contributed by atoms with Gasteiger partial charge in [-0.15, -0.1) is 0 Å². The number of rotatable bonds is 3. The summed E-state index contributed by atoms with van der Waals surface area (Å²) < 4.78 is 0. The first-order valence-electron chi connectivity index (χ1n) is 7.66. The maximum absolute atomic E-state index is 12.5. The van der Waals surface area contributed by atoms with E-state index in [0.717, 1.165) is 44.1 Å². The summed E-state index contributed by atoms with van der Waals surface area (Å²) >= 11 is 0. The van der Waals surface area contributed by atoms with E-state index in [4.69, 9.17) is 0 Å². The second-order valence-corrected chi connectivity index (χ2v) is 5.80. The van der Waals surface area contributed by atoms with Gasteiger partial charge in [0.25, 0.3) is 0 Å². The largest absolute Gasteiger partial charge is 0.289 e. The Bertz CT molecular complexity index is 608. The first-order valence-corrected chi connectivity index (χ1v) is 7.66. The molecule has 0 saturated carbocycles. The minimum Gasteiger partial charge on any atom is -0.289 e. The number of benzene rings is 1. The highest BCUT2D eigenvalue weighted by atomic mass is 16.1.